The molecule has 10 heteroatoms. The van der Waals surface area contributed by atoms with Crippen molar-refractivity contribution >= 4 is 34.4 Å². The molecule has 2 aromatic heterocycles. The van der Waals surface area contributed by atoms with Crippen molar-refractivity contribution < 1.29 is 23.1 Å². The summed E-state index contributed by atoms with van der Waals surface area (Å²) in [6.07, 6.45) is 4.41. The number of halogens is 2. The molecule has 0 aliphatic carbocycles. The number of fused-ring (bicyclic) bond motifs is 1. The standard InChI is InChI=1S/C26H23F2N5O3/c1-16(9-17-3-6-23(36-2)31-13-17)18-4-5-22-21(10-18)20(7-8-30-22)25(35)32-14-24(34)33-15-26(27,28)11-19(33)12-29/h3-10,13,19H,11,14-15H2,1-2H3,(H,32,35)/b16-9+. The highest BCUT2D eigenvalue weighted by atomic mass is 19.3. The second-order valence-corrected chi connectivity index (χ2v) is 8.46. The smallest absolute Gasteiger partial charge is 0.268 e. The molecule has 36 heavy (non-hydrogen) atoms. The number of aromatic nitrogens is 2. The molecule has 1 aliphatic rings. The minimum absolute atomic E-state index is 0.289. The number of pyridine rings is 2. The Balaban J connectivity index is 1.53. The highest BCUT2D eigenvalue weighted by Crippen LogP contribution is 2.31. The molecule has 0 saturated carbocycles. The highest BCUT2D eigenvalue weighted by Gasteiger charge is 2.47. The number of carbonyl (C=O) groups excluding carboxylic acids is 2. The zero-order chi connectivity index (χ0) is 25.9. The van der Waals surface area contributed by atoms with Crippen LogP contribution < -0.4 is 10.1 Å². The fourth-order valence-electron chi connectivity index (χ4n) is 4.07. The molecule has 3 aromatic rings. The van der Waals surface area contributed by atoms with Gasteiger partial charge in [0.05, 0.1) is 37.3 Å². The van der Waals surface area contributed by atoms with Gasteiger partial charge in [0.15, 0.2) is 0 Å². The number of alkyl halides is 2. The lowest BCUT2D eigenvalue weighted by Gasteiger charge is -2.19. The van der Waals surface area contributed by atoms with Gasteiger partial charge in [0.25, 0.3) is 11.8 Å². The summed E-state index contributed by atoms with van der Waals surface area (Å²) in [5, 5.41) is 12.2. The number of ether oxygens (including phenoxy) is 1. The predicted molar refractivity (Wildman–Crippen MR) is 129 cm³/mol. The van der Waals surface area contributed by atoms with Crippen molar-refractivity contribution in [3.8, 4) is 11.9 Å². The number of benzene rings is 1. The molecule has 3 heterocycles. The molecule has 0 spiro atoms. The third kappa shape index (κ3) is 5.30. The third-order valence-electron chi connectivity index (χ3n) is 5.93. The van der Waals surface area contributed by atoms with Gasteiger partial charge >= 0.3 is 0 Å². The fraction of sp³-hybridized carbons (Fsp3) is 0.269. The zero-order valence-corrected chi connectivity index (χ0v) is 19.7. The molecule has 2 amide bonds. The zero-order valence-electron chi connectivity index (χ0n) is 19.7. The van der Waals surface area contributed by atoms with Gasteiger partial charge in [-0.2, -0.15) is 5.26 Å². The molecule has 1 fully saturated rings. The second-order valence-electron chi connectivity index (χ2n) is 8.46. The van der Waals surface area contributed by atoms with E-state index < -0.39 is 43.3 Å². The molecule has 1 N–H and O–H groups in total. The predicted octanol–water partition coefficient (Wildman–Crippen LogP) is 3.69. The molecular weight excluding hydrogens is 468 g/mol. The van der Waals surface area contributed by atoms with E-state index in [1.54, 1.807) is 31.5 Å². The first-order valence-corrected chi connectivity index (χ1v) is 11.1. The van der Waals surface area contributed by atoms with E-state index >= 15 is 0 Å². The second kappa shape index (κ2) is 10.1. The first kappa shape index (κ1) is 24.7. The molecular formula is C26H23F2N5O3. The summed E-state index contributed by atoms with van der Waals surface area (Å²) in [6.45, 7) is 0.592. The third-order valence-corrected chi connectivity index (χ3v) is 5.93. The summed E-state index contributed by atoms with van der Waals surface area (Å²) in [5.41, 5.74) is 3.52. The summed E-state index contributed by atoms with van der Waals surface area (Å²) in [5.74, 6) is -3.89. The van der Waals surface area contributed by atoms with Crippen molar-refractivity contribution in [2.75, 3.05) is 20.2 Å². The van der Waals surface area contributed by atoms with E-state index in [0.29, 0.717) is 16.8 Å². The van der Waals surface area contributed by atoms with Crippen LogP contribution in [0.5, 0.6) is 5.88 Å². The normalized spacial score (nSPS) is 17.0. The highest BCUT2D eigenvalue weighted by molar-refractivity contribution is 6.07. The quantitative estimate of drug-likeness (QED) is 0.564. The van der Waals surface area contributed by atoms with Crippen molar-refractivity contribution in [1.29, 1.82) is 5.26 Å². The van der Waals surface area contributed by atoms with Crippen molar-refractivity contribution in [1.82, 2.24) is 20.2 Å². The van der Waals surface area contributed by atoms with Crippen LogP contribution in [0.4, 0.5) is 8.78 Å². The van der Waals surface area contributed by atoms with Crippen LogP contribution >= 0.6 is 0 Å². The minimum atomic E-state index is -3.12. The fourth-order valence-corrected chi connectivity index (χ4v) is 4.07. The Morgan fingerprint density at radius 3 is 2.78 bits per heavy atom. The van der Waals surface area contributed by atoms with Crippen molar-refractivity contribution in [3.63, 3.8) is 0 Å². The van der Waals surface area contributed by atoms with Gasteiger partial charge in [0.2, 0.25) is 11.8 Å². The Kier molecular flexibility index (Phi) is 6.92. The van der Waals surface area contributed by atoms with Crippen LogP contribution in [0.15, 0.2) is 48.8 Å². The van der Waals surface area contributed by atoms with Gasteiger partial charge in [-0.05, 0) is 54.0 Å². The number of allylic oxidation sites excluding steroid dienone is 1. The molecule has 1 atom stereocenters. The van der Waals surface area contributed by atoms with E-state index in [0.717, 1.165) is 21.6 Å². The summed E-state index contributed by atoms with van der Waals surface area (Å²) >= 11 is 0. The minimum Gasteiger partial charge on any atom is -0.481 e. The molecule has 1 aromatic carbocycles. The van der Waals surface area contributed by atoms with Gasteiger partial charge in [0, 0.05) is 30.3 Å². The summed E-state index contributed by atoms with van der Waals surface area (Å²) in [4.78, 5) is 34.7. The van der Waals surface area contributed by atoms with Gasteiger partial charge in [-0.1, -0.05) is 6.07 Å². The average Bonchev–Trinajstić information content (AvgIpc) is 3.21. The Hall–Kier alpha value is -4.39. The monoisotopic (exact) mass is 491 g/mol. The van der Waals surface area contributed by atoms with E-state index in [1.165, 1.54) is 12.3 Å². The number of likely N-dealkylation sites (tertiary alicyclic amines) is 1. The van der Waals surface area contributed by atoms with Gasteiger partial charge in [-0.3, -0.25) is 14.6 Å². The number of hydrogen-bond acceptors (Lipinski definition) is 6. The molecule has 0 bridgehead atoms. The lowest BCUT2D eigenvalue weighted by atomic mass is 10.00. The number of nitriles is 1. The van der Waals surface area contributed by atoms with Crippen LogP contribution in [0.1, 0.15) is 34.8 Å². The number of nitrogens with zero attached hydrogens (tertiary/aromatic N) is 4. The van der Waals surface area contributed by atoms with Crippen LogP contribution in [-0.2, 0) is 4.79 Å². The van der Waals surface area contributed by atoms with Gasteiger partial charge in [-0.25, -0.2) is 13.8 Å². The Morgan fingerprint density at radius 2 is 2.08 bits per heavy atom. The maximum absolute atomic E-state index is 13.7. The van der Waals surface area contributed by atoms with E-state index in [4.69, 9.17) is 10.00 Å². The van der Waals surface area contributed by atoms with Crippen LogP contribution in [0.3, 0.4) is 0 Å². The number of hydrogen-bond donors (Lipinski definition) is 1. The van der Waals surface area contributed by atoms with E-state index in [-0.39, 0.29) is 5.56 Å². The van der Waals surface area contributed by atoms with Crippen LogP contribution in [0.25, 0.3) is 22.6 Å². The largest absolute Gasteiger partial charge is 0.481 e. The summed E-state index contributed by atoms with van der Waals surface area (Å²) < 4.78 is 32.4. The lowest BCUT2D eigenvalue weighted by Crippen LogP contribution is -2.43. The summed E-state index contributed by atoms with van der Waals surface area (Å²) in [6, 6.07) is 11.2. The van der Waals surface area contributed by atoms with Crippen LogP contribution in [-0.4, -0.2) is 58.8 Å². The molecule has 1 aliphatic heterocycles. The van der Waals surface area contributed by atoms with Gasteiger partial charge in [-0.15, -0.1) is 0 Å². The number of rotatable bonds is 6. The molecule has 4 rings (SSSR count). The molecule has 184 valence electrons. The SMILES string of the molecule is COc1ccc(/C=C(\C)c2ccc3nccc(C(=O)NCC(=O)N4CC(F)(F)CC4C#N)c3c2)cn1. The number of nitrogens with one attached hydrogen (secondary N) is 1. The van der Waals surface area contributed by atoms with E-state index in [1.807, 2.05) is 31.2 Å². The van der Waals surface area contributed by atoms with Crippen molar-refractivity contribution in [2.45, 2.75) is 25.3 Å². The Morgan fingerprint density at radius 1 is 1.28 bits per heavy atom. The number of amides is 2. The Labute approximate surface area is 206 Å². The average molecular weight is 491 g/mol. The van der Waals surface area contributed by atoms with Crippen molar-refractivity contribution in [3.05, 3.63) is 65.5 Å². The first-order chi connectivity index (χ1) is 17.2. The van der Waals surface area contributed by atoms with E-state index in [2.05, 4.69) is 15.3 Å². The molecule has 0 radical (unpaired) electrons. The van der Waals surface area contributed by atoms with Gasteiger partial charge in [0.1, 0.15) is 6.04 Å². The first-order valence-electron chi connectivity index (χ1n) is 11.1. The molecule has 1 saturated heterocycles. The van der Waals surface area contributed by atoms with E-state index in [9.17, 15) is 18.4 Å². The van der Waals surface area contributed by atoms with Crippen molar-refractivity contribution in [2.24, 2.45) is 0 Å². The van der Waals surface area contributed by atoms with Crippen LogP contribution in [0, 0.1) is 11.3 Å². The van der Waals surface area contributed by atoms with Crippen LogP contribution in [0.2, 0.25) is 0 Å². The maximum Gasteiger partial charge on any atom is 0.268 e. The molecule has 8 nitrogen and oxygen atoms in total. The number of methoxy groups -OCH3 is 1. The molecule has 1 unspecified atom stereocenters. The van der Waals surface area contributed by atoms with Gasteiger partial charge < -0.3 is 15.0 Å². The number of carbonyl (C=O) groups is 2. The lowest BCUT2D eigenvalue weighted by molar-refractivity contribution is -0.131. The topological polar surface area (TPSA) is 108 Å². The summed E-state index contributed by atoms with van der Waals surface area (Å²) in [7, 11) is 1.55. The Bertz CT molecular complexity index is 1380. The maximum atomic E-state index is 13.7.